The van der Waals surface area contributed by atoms with Gasteiger partial charge in [-0.15, -0.1) is 0 Å². The number of carbonyl (C=O) groups is 2. The summed E-state index contributed by atoms with van der Waals surface area (Å²) in [5, 5.41) is 9.66. The molecule has 1 aromatic heterocycles. The SMILES string of the molecule is CCCCOC(=O)Nc1n[nH]c2c1CN(C(=O)OC(C)(C)C)CC2. The number of amides is 2. The van der Waals surface area contributed by atoms with Crippen LogP contribution in [0, 0.1) is 0 Å². The Morgan fingerprint density at radius 1 is 1.38 bits per heavy atom. The fourth-order valence-electron chi connectivity index (χ4n) is 2.32. The van der Waals surface area contributed by atoms with E-state index < -0.39 is 11.7 Å². The van der Waals surface area contributed by atoms with Crippen molar-refractivity contribution in [3.63, 3.8) is 0 Å². The van der Waals surface area contributed by atoms with Crippen LogP contribution in [-0.4, -0.2) is 46.0 Å². The number of fused-ring (bicyclic) bond motifs is 1. The highest BCUT2D eigenvalue weighted by Gasteiger charge is 2.29. The number of nitrogens with zero attached hydrogens (tertiary/aromatic N) is 2. The minimum absolute atomic E-state index is 0.339. The Labute approximate surface area is 141 Å². The predicted octanol–water partition coefficient (Wildman–Crippen LogP) is 3.05. The molecule has 0 bridgehead atoms. The van der Waals surface area contributed by atoms with Crippen molar-refractivity contribution in [3.8, 4) is 0 Å². The molecule has 0 aliphatic carbocycles. The number of rotatable bonds is 4. The van der Waals surface area contributed by atoms with Gasteiger partial charge >= 0.3 is 12.2 Å². The molecule has 0 aromatic carbocycles. The van der Waals surface area contributed by atoms with Gasteiger partial charge in [0.05, 0.1) is 13.2 Å². The highest BCUT2D eigenvalue weighted by Crippen LogP contribution is 2.25. The summed E-state index contributed by atoms with van der Waals surface area (Å²) in [6.45, 7) is 8.78. The monoisotopic (exact) mass is 338 g/mol. The van der Waals surface area contributed by atoms with Crippen LogP contribution in [0.15, 0.2) is 0 Å². The molecule has 0 unspecified atom stereocenters. The third-order valence-electron chi connectivity index (χ3n) is 3.54. The van der Waals surface area contributed by atoms with Gasteiger partial charge in [-0.05, 0) is 27.2 Å². The molecule has 0 fully saturated rings. The molecule has 0 radical (unpaired) electrons. The zero-order chi connectivity index (χ0) is 17.7. The molecule has 0 saturated carbocycles. The van der Waals surface area contributed by atoms with Crippen molar-refractivity contribution < 1.29 is 19.1 Å². The van der Waals surface area contributed by atoms with Crippen LogP contribution in [0.1, 0.15) is 51.8 Å². The average molecular weight is 338 g/mol. The van der Waals surface area contributed by atoms with Crippen LogP contribution in [0.25, 0.3) is 0 Å². The van der Waals surface area contributed by atoms with Gasteiger partial charge in [0.25, 0.3) is 0 Å². The molecule has 1 aromatic rings. The van der Waals surface area contributed by atoms with E-state index in [4.69, 9.17) is 9.47 Å². The number of ether oxygens (including phenoxy) is 2. The van der Waals surface area contributed by atoms with Crippen LogP contribution in [0.2, 0.25) is 0 Å². The van der Waals surface area contributed by atoms with Crippen molar-refractivity contribution in [1.29, 1.82) is 0 Å². The van der Waals surface area contributed by atoms with Gasteiger partial charge in [-0.1, -0.05) is 13.3 Å². The van der Waals surface area contributed by atoms with Crippen LogP contribution in [0.4, 0.5) is 15.4 Å². The molecule has 0 saturated heterocycles. The number of H-pyrrole nitrogens is 1. The van der Waals surface area contributed by atoms with Gasteiger partial charge in [0.2, 0.25) is 0 Å². The summed E-state index contributed by atoms with van der Waals surface area (Å²) in [5.74, 6) is 0.403. The van der Waals surface area contributed by atoms with Crippen LogP contribution in [-0.2, 0) is 22.4 Å². The lowest BCUT2D eigenvalue weighted by Crippen LogP contribution is -2.40. The van der Waals surface area contributed by atoms with E-state index in [0.717, 1.165) is 24.1 Å². The molecule has 8 nitrogen and oxygen atoms in total. The third-order valence-corrected chi connectivity index (χ3v) is 3.54. The largest absolute Gasteiger partial charge is 0.449 e. The summed E-state index contributed by atoms with van der Waals surface area (Å²) in [6.07, 6.45) is 1.50. The highest BCUT2D eigenvalue weighted by molar-refractivity contribution is 5.84. The minimum Gasteiger partial charge on any atom is -0.449 e. The smallest absolute Gasteiger partial charge is 0.412 e. The molecular formula is C16H26N4O4. The first-order valence-corrected chi connectivity index (χ1v) is 8.28. The second-order valence-corrected chi connectivity index (χ2v) is 6.80. The Morgan fingerprint density at radius 2 is 2.12 bits per heavy atom. The molecular weight excluding hydrogens is 312 g/mol. The van der Waals surface area contributed by atoms with Gasteiger partial charge in [-0.25, -0.2) is 9.59 Å². The standard InChI is InChI=1S/C16H26N4O4/c1-5-6-9-23-14(21)17-13-11-10-20(8-7-12(11)18-19-13)15(22)24-16(2,3)4/h5-10H2,1-4H3,(H2,17,18,19,21). The number of nitrogens with one attached hydrogen (secondary N) is 2. The van der Waals surface area contributed by atoms with Gasteiger partial charge in [0.15, 0.2) is 5.82 Å². The molecule has 8 heteroatoms. The lowest BCUT2D eigenvalue weighted by molar-refractivity contribution is 0.0224. The molecule has 134 valence electrons. The second kappa shape index (κ2) is 7.55. The fraction of sp³-hybridized carbons (Fsp3) is 0.688. The average Bonchev–Trinajstić information content (AvgIpc) is 2.88. The van der Waals surface area contributed by atoms with E-state index in [1.54, 1.807) is 4.90 Å². The number of carbonyl (C=O) groups excluding carboxylic acids is 2. The molecule has 2 heterocycles. The normalized spacial score (nSPS) is 14.1. The van der Waals surface area contributed by atoms with E-state index >= 15 is 0 Å². The summed E-state index contributed by atoms with van der Waals surface area (Å²) in [5.41, 5.74) is 1.16. The Morgan fingerprint density at radius 3 is 2.79 bits per heavy atom. The van der Waals surface area contributed by atoms with Crippen molar-refractivity contribution >= 4 is 18.0 Å². The van der Waals surface area contributed by atoms with Gasteiger partial charge in [0, 0.05) is 24.2 Å². The Hall–Kier alpha value is -2.25. The summed E-state index contributed by atoms with van der Waals surface area (Å²) in [6, 6.07) is 0. The summed E-state index contributed by atoms with van der Waals surface area (Å²) >= 11 is 0. The van der Waals surface area contributed by atoms with E-state index in [1.807, 2.05) is 27.7 Å². The van der Waals surface area contributed by atoms with E-state index in [9.17, 15) is 9.59 Å². The lowest BCUT2D eigenvalue weighted by atomic mass is 10.1. The van der Waals surface area contributed by atoms with Crippen LogP contribution in [0.3, 0.4) is 0 Å². The highest BCUT2D eigenvalue weighted by atomic mass is 16.6. The quantitative estimate of drug-likeness (QED) is 0.823. The Balaban J connectivity index is 1.99. The molecule has 2 N–H and O–H groups in total. The van der Waals surface area contributed by atoms with Crippen LogP contribution >= 0.6 is 0 Å². The summed E-state index contributed by atoms with van der Waals surface area (Å²) < 4.78 is 10.5. The summed E-state index contributed by atoms with van der Waals surface area (Å²) in [4.78, 5) is 25.6. The van der Waals surface area contributed by atoms with Crippen LogP contribution < -0.4 is 5.32 Å². The predicted molar refractivity (Wildman–Crippen MR) is 88.8 cm³/mol. The Kier molecular flexibility index (Phi) is 5.69. The first-order valence-electron chi connectivity index (χ1n) is 8.28. The number of aromatic amines is 1. The maximum atomic E-state index is 12.2. The second-order valence-electron chi connectivity index (χ2n) is 6.80. The fourth-order valence-corrected chi connectivity index (χ4v) is 2.32. The molecule has 1 aliphatic rings. The first kappa shape index (κ1) is 18.1. The number of anilines is 1. The van der Waals surface area contributed by atoms with Gasteiger partial charge in [-0.2, -0.15) is 5.10 Å². The van der Waals surface area contributed by atoms with E-state index in [1.165, 1.54) is 0 Å². The Bertz CT molecular complexity index is 591. The van der Waals surface area contributed by atoms with Gasteiger partial charge < -0.3 is 14.4 Å². The first-order chi connectivity index (χ1) is 11.3. The van der Waals surface area contributed by atoms with Crippen molar-refractivity contribution in [1.82, 2.24) is 15.1 Å². The van der Waals surface area contributed by atoms with Gasteiger partial charge in [-0.3, -0.25) is 10.4 Å². The third kappa shape index (κ3) is 4.87. The molecule has 24 heavy (non-hydrogen) atoms. The van der Waals surface area contributed by atoms with Crippen molar-refractivity contribution in [2.75, 3.05) is 18.5 Å². The number of aromatic nitrogens is 2. The molecule has 0 atom stereocenters. The zero-order valence-electron chi connectivity index (χ0n) is 14.8. The van der Waals surface area contributed by atoms with Crippen molar-refractivity contribution in [2.24, 2.45) is 0 Å². The summed E-state index contributed by atoms with van der Waals surface area (Å²) in [7, 11) is 0. The molecule has 0 spiro atoms. The topological polar surface area (TPSA) is 96.5 Å². The van der Waals surface area contributed by atoms with E-state index in [0.29, 0.717) is 31.9 Å². The van der Waals surface area contributed by atoms with E-state index in [-0.39, 0.29) is 6.09 Å². The maximum Gasteiger partial charge on any atom is 0.412 e. The number of hydrogen-bond donors (Lipinski definition) is 2. The number of unbranched alkanes of at least 4 members (excludes halogenated alkanes) is 1. The number of hydrogen-bond acceptors (Lipinski definition) is 5. The minimum atomic E-state index is -0.544. The zero-order valence-corrected chi connectivity index (χ0v) is 14.8. The van der Waals surface area contributed by atoms with Gasteiger partial charge in [0.1, 0.15) is 5.60 Å². The van der Waals surface area contributed by atoms with Crippen molar-refractivity contribution in [2.45, 2.75) is 59.1 Å². The molecule has 1 aliphatic heterocycles. The van der Waals surface area contributed by atoms with Crippen molar-refractivity contribution in [3.05, 3.63) is 11.3 Å². The molecule has 2 rings (SSSR count). The van der Waals surface area contributed by atoms with E-state index in [2.05, 4.69) is 15.5 Å². The lowest BCUT2D eigenvalue weighted by Gasteiger charge is -2.30. The van der Waals surface area contributed by atoms with Crippen LogP contribution in [0.5, 0.6) is 0 Å². The maximum absolute atomic E-state index is 12.2. The molecule has 2 amide bonds.